The second-order valence-electron chi connectivity index (χ2n) is 8.72. The number of rotatable bonds is 9. The van der Waals surface area contributed by atoms with Gasteiger partial charge in [-0.15, -0.1) is 0 Å². The van der Waals surface area contributed by atoms with Crippen molar-refractivity contribution in [1.29, 1.82) is 0 Å². The van der Waals surface area contributed by atoms with Crippen molar-refractivity contribution < 1.29 is 35.1 Å². The van der Waals surface area contributed by atoms with Crippen molar-refractivity contribution in [2.45, 2.75) is 47.6 Å². The molecule has 2 aliphatic rings. The van der Waals surface area contributed by atoms with Crippen LogP contribution in [0.15, 0.2) is 41.3 Å². The lowest BCUT2D eigenvalue weighted by Crippen LogP contribution is -2.53. The molecule has 1 unspecified atom stereocenters. The molecule has 36 heavy (non-hydrogen) atoms. The zero-order valence-electron chi connectivity index (χ0n) is 19.3. The summed E-state index contributed by atoms with van der Waals surface area (Å²) in [6.07, 6.45) is 1.40. The van der Waals surface area contributed by atoms with Crippen molar-refractivity contribution in [3.8, 4) is 5.75 Å². The van der Waals surface area contributed by atoms with Gasteiger partial charge < -0.3 is 9.64 Å². The lowest BCUT2D eigenvalue weighted by Gasteiger charge is -2.40. The molecule has 8 nitrogen and oxygen atoms in total. The summed E-state index contributed by atoms with van der Waals surface area (Å²) in [6, 6.07) is 5.59. The van der Waals surface area contributed by atoms with Crippen LogP contribution in [-0.2, 0) is 24.7 Å². The fourth-order valence-corrected chi connectivity index (χ4v) is 7.69. The van der Waals surface area contributed by atoms with Crippen molar-refractivity contribution in [3.05, 3.63) is 58.6 Å². The van der Waals surface area contributed by atoms with Gasteiger partial charge in [0.2, 0.25) is 15.9 Å². The van der Waals surface area contributed by atoms with Gasteiger partial charge >= 0.3 is 0 Å². The van der Waals surface area contributed by atoms with Crippen LogP contribution in [0.4, 0.5) is 8.78 Å². The van der Waals surface area contributed by atoms with Gasteiger partial charge in [-0.25, -0.2) is 30.3 Å². The third-order valence-corrected chi connectivity index (χ3v) is 10.5. The summed E-state index contributed by atoms with van der Waals surface area (Å²) < 4.78 is 89.6. The molecule has 0 saturated heterocycles. The molecule has 2 atom stereocenters. The fraction of sp³-hybridized carbons (Fsp3) is 0.435. The van der Waals surface area contributed by atoms with E-state index in [1.165, 1.54) is 29.2 Å². The smallest absolute Gasteiger partial charge is 0.238 e. The molecule has 0 radical (unpaired) electrons. The second-order valence-corrected chi connectivity index (χ2v) is 13.3. The third kappa shape index (κ3) is 5.22. The minimum Gasteiger partial charge on any atom is -0.488 e. The Hall–Kier alpha value is -2.28. The summed E-state index contributed by atoms with van der Waals surface area (Å²) in [5, 5.41) is -1.99. The number of sulfonamides is 1. The largest absolute Gasteiger partial charge is 0.488 e. The van der Waals surface area contributed by atoms with Gasteiger partial charge in [0.1, 0.15) is 17.7 Å². The normalized spacial score (nSPS) is 19.9. The molecule has 0 bridgehead atoms. The van der Waals surface area contributed by atoms with E-state index < -0.39 is 78.4 Å². The molecular formula is C23H25ClF2N2O6S2. The van der Waals surface area contributed by atoms with Crippen LogP contribution in [-0.4, -0.2) is 58.6 Å². The molecule has 0 aromatic heterocycles. The number of hydrogen-bond acceptors (Lipinski definition) is 6. The van der Waals surface area contributed by atoms with E-state index in [9.17, 15) is 26.0 Å². The Morgan fingerprint density at radius 1 is 1.08 bits per heavy atom. The minimum atomic E-state index is -4.40. The molecule has 4 rings (SSSR count). The Morgan fingerprint density at radius 3 is 2.33 bits per heavy atom. The molecular weight excluding hydrogens is 538 g/mol. The zero-order chi connectivity index (χ0) is 26.3. The number of sulfone groups is 1. The van der Waals surface area contributed by atoms with E-state index in [1.54, 1.807) is 6.92 Å². The first-order valence-corrected chi connectivity index (χ1v) is 14.8. The number of carbonyl (C=O) groups is 1. The topological polar surface area (TPSA) is 110 Å². The minimum absolute atomic E-state index is 0.0386. The van der Waals surface area contributed by atoms with Gasteiger partial charge in [0, 0.05) is 11.6 Å². The highest BCUT2D eigenvalue weighted by molar-refractivity contribution is 7.91. The highest BCUT2D eigenvalue weighted by atomic mass is 35.5. The van der Waals surface area contributed by atoms with Gasteiger partial charge in [-0.2, -0.15) is 0 Å². The zero-order valence-corrected chi connectivity index (χ0v) is 21.7. The average Bonchev–Trinajstić information content (AvgIpc) is 3.69. The summed E-state index contributed by atoms with van der Waals surface area (Å²) >= 11 is 5.90. The number of carbonyl (C=O) groups excluding carboxylic acids is 1. The van der Waals surface area contributed by atoms with Crippen molar-refractivity contribution in [3.63, 3.8) is 0 Å². The number of fused-ring (bicyclic) bond motifs is 1. The lowest BCUT2D eigenvalue weighted by atomic mass is 9.99. The third-order valence-electron chi connectivity index (χ3n) is 6.18. The van der Waals surface area contributed by atoms with E-state index in [0.717, 1.165) is 12.1 Å². The first kappa shape index (κ1) is 26.8. The molecule has 13 heteroatoms. The van der Waals surface area contributed by atoms with E-state index in [0.29, 0.717) is 19.3 Å². The van der Waals surface area contributed by atoms with Gasteiger partial charge in [-0.3, -0.25) is 4.79 Å². The summed E-state index contributed by atoms with van der Waals surface area (Å²) in [4.78, 5) is 14.2. The summed E-state index contributed by atoms with van der Waals surface area (Å²) in [6.45, 7) is 0.750. The van der Waals surface area contributed by atoms with Crippen molar-refractivity contribution in [2.75, 3.05) is 19.7 Å². The van der Waals surface area contributed by atoms with Crippen LogP contribution < -0.4 is 9.46 Å². The molecule has 1 saturated carbocycles. The quantitative estimate of drug-likeness (QED) is 0.502. The summed E-state index contributed by atoms with van der Waals surface area (Å²) in [7, 11) is -8.08. The maximum Gasteiger partial charge on any atom is 0.238 e. The molecule has 2 aromatic carbocycles. The first-order valence-electron chi connectivity index (χ1n) is 11.4. The van der Waals surface area contributed by atoms with E-state index in [1.807, 2.05) is 0 Å². The highest BCUT2D eigenvalue weighted by Crippen LogP contribution is 2.45. The monoisotopic (exact) mass is 562 g/mol. The number of halogens is 3. The van der Waals surface area contributed by atoms with Crippen LogP contribution in [0.5, 0.6) is 5.75 Å². The maximum atomic E-state index is 15.1. The summed E-state index contributed by atoms with van der Waals surface area (Å²) in [5.74, 6) is -3.18. The predicted octanol–water partition coefficient (Wildman–Crippen LogP) is 3.21. The van der Waals surface area contributed by atoms with Crippen LogP contribution in [0.2, 0.25) is 5.02 Å². The number of hydrogen-bond donors (Lipinski definition) is 1. The number of nitrogens with one attached hydrogen (secondary N) is 1. The highest BCUT2D eigenvalue weighted by Gasteiger charge is 2.47. The molecule has 1 heterocycles. The van der Waals surface area contributed by atoms with E-state index >= 15 is 4.39 Å². The Labute approximate surface area is 213 Å². The first-order chi connectivity index (χ1) is 17.0. The average molecular weight is 563 g/mol. The maximum absolute atomic E-state index is 15.1. The van der Waals surface area contributed by atoms with E-state index in [4.69, 9.17) is 16.3 Å². The van der Waals surface area contributed by atoms with Crippen LogP contribution in [0.3, 0.4) is 0 Å². The number of amides is 1. The van der Waals surface area contributed by atoms with Crippen molar-refractivity contribution in [2.24, 2.45) is 0 Å². The Balaban J connectivity index is 1.78. The predicted molar refractivity (Wildman–Crippen MR) is 129 cm³/mol. The molecule has 1 N–H and O–H groups in total. The van der Waals surface area contributed by atoms with Crippen LogP contribution >= 0.6 is 11.6 Å². The molecule has 2 aromatic rings. The molecule has 1 fully saturated rings. The number of ether oxygens (including phenoxy) is 1. The van der Waals surface area contributed by atoms with Crippen LogP contribution in [0.1, 0.15) is 37.0 Å². The van der Waals surface area contributed by atoms with Gasteiger partial charge in [0.15, 0.2) is 21.4 Å². The SMILES string of the molecule is CCCN(C(=O)CNS(=O)(=O)C1CC1)[C@H]1COc2c(F)ccc(F)c2C1S(=O)(=O)c1ccc(Cl)cc1. The molecule has 196 valence electrons. The fourth-order valence-electron chi connectivity index (χ4n) is 4.27. The number of nitrogens with zero attached hydrogens (tertiary/aromatic N) is 1. The van der Waals surface area contributed by atoms with Gasteiger partial charge in [0.25, 0.3) is 0 Å². The Bertz CT molecular complexity index is 1370. The van der Waals surface area contributed by atoms with E-state index in [-0.39, 0.29) is 16.5 Å². The molecule has 1 aliphatic heterocycles. The molecule has 0 spiro atoms. The van der Waals surface area contributed by atoms with Crippen LogP contribution in [0.25, 0.3) is 0 Å². The number of benzene rings is 2. The van der Waals surface area contributed by atoms with Gasteiger partial charge in [-0.05, 0) is 55.7 Å². The second kappa shape index (κ2) is 10.2. The van der Waals surface area contributed by atoms with Crippen LogP contribution in [0, 0.1) is 11.6 Å². The molecule has 1 aliphatic carbocycles. The van der Waals surface area contributed by atoms with E-state index in [2.05, 4.69) is 4.72 Å². The van der Waals surface area contributed by atoms with Gasteiger partial charge in [0.05, 0.1) is 28.3 Å². The lowest BCUT2D eigenvalue weighted by molar-refractivity contribution is -0.133. The van der Waals surface area contributed by atoms with Gasteiger partial charge in [-0.1, -0.05) is 18.5 Å². The van der Waals surface area contributed by atoms with Crippen molar-refractivity contribution >= 4 is 37.4 Å². The standard InChI is InChI=1S/C23H25ClF2N2O6S2/c1-2-11-28(20(29)12-27-36(32,33)16-7-8-16)19-13-34-22-18(26)10-9-17(25)21(22)23(19)35(30,31)15-5-3-14(24)4-6-15/h3-6,9-10,16,19,23,27H,2,7-8,11-13H2,1H3/t19-,23?/m0/s1. The Morgan fingerprint density at radius 2 is 1.72 bits per heavy atom. The summed E-state index contributed by atoms with van der Waals surface area (Å²) in [5.41, 5.74) is -0.520. The van der Waals surface area contributed by atoms with Crippen molar-refractivity contribution in [1.82, 2.24) is 9.62 Å². The Kier molecular flexibility index (Phi) is 7.61. The molecule has 1 amide bonds.